The van der Waals surface area contributed by atoms with Crippen LogP contribution in [0.1, 0.15) is 61.5 Å². The van der Waals surface area contributed by atoms with E-state index in [0.29, 0.717) is 12.1 Å². The third-order valence-electron chi connectivity index (χ3n) is 6.90. The molecule has 0 spiro atoms. The Labute approximate surface area is 173 Å². The van der Waals surface area contributed by atoms with Crippen LogP contribution in [0.25, 0.3) is 0 Å². The van der Waals surface area contributed by atoms with Gasteiger partial charge >= 0.3 is 0 Å². The van der Waals surface area contributed by atoms with E-state index in [1.54, 1.807) is 0 Å². The molecule has 1 aliphatic heterocycles. The number of hydrogen-bond acceptors (Lipinski definition) is 5. The largest absolute Gasteiger partial charge is 0.393 e. The standard InChI is InChI=1S/C24H32N4O/c1-24(2)13-21(26-18-11-16-5-3-4-6-17(16)12-18)20-15-25-23(27-22(20)14-24)28-9-7-19(29)8-10-28/h3-6,15,18-19,21,26,29H,7-14H2,1-2H3. The summed E-state index contributed by atoms with van der Waals surface area (Å²) in [4.78, 5) is 12.0. The Balaban J connectivity index is 1.36. The number of rotatable bonds is 3. The van der Waals surface area contributed by atoms with Crippen LogP contribution >= 0.6 is 0 Å². The van der Waals surface area contributed by atoms with Crippen molar-refractivity contribution in [3.8, 4) is 0 Å². The molecular formula is C24H32N4O. The second-order valence-corrected chi connectivity index (χ2v) is 9.93. The molecule has 5 rings (SSSR count). The van der Waals surface area contributed by atoms with Gasteiger partial charge in [0.05, 0.1) is 11.8 Å². The summed E-state index contributed by atoms with van der Waals surface area (Å²) < 4.78 is 0. The van der Waals surface area contributed by atoms with Crippen molar-refractivity contribution in [3.63, 3.8) is 0 Å². The van der Waals surface area contributed by atoms with Gasteiger partial charge in [-0.3, -0.25) is 0 Å². The van der Waals surface area contributed by atoms with Gasteiger partial charge in [0.1, 0.15) is 0 Å². The first-order valence-corrected chi connectivity index (χ1v) is 11.1. The Morgan fingerprint density at radius 1 is 1.10 bits per heavy atom. The molecule has 1 atom stereocenters. The van der Waals surface area contributed by atoms with Gasteiger partial charge in [0.2, 0.25) is 5.95 Å². The van der Waals surface area contributed by atoms with Crippen LogP contribution in [0, 0.1) is 5.41 Å². The number of nitrogens with one attached hydrogen (secondary N) is 1. The van der Waals surface area contributed by atoms with Crippen molar-refractivity contribution < 1.29 is 5.11 Å². The van der Waals surface area contributed by atoms with Crippen LogP contribution in [-0.4, -0.2) is 40.3 Å². The highest BCUT2D eigenvalue weighted by atomic mass is 16.3. The lowest BCUT2D eigenvalue weighted by molar-refractivity contribution is 0.145. The molecule has 0 saturated carbocycles. The van der Waals surface area contributed by atoms with Crippen LogP contribution in [-0.2, 0) is 19.3 Å². The van der Waals surface area contributed by atoms with Gasteiger partial charge in [0, 0.05) is 36.9 Å². The number of benzene rings is 1. The number of aromatic nitrogens is 2. The number of aliphatic hydroxyl groups is 1. The monoisotopic (exact) mass is 392 g/mol. The van der Waals surface area contributed by atoms with E-state index in [1.807, 2.05) is 0 Å². The second kappa shape index (κ2) is 7.37. The highest BCUT2D eigenvalue weighted by Gasteiger charge is 2.36. The van der Waals surface area contributed by atoms with E-state index in [9.17, 15) is 5.11 Å². The van der Waals surface area contributed by atoms with Crippen molar-refractivity contribution in [3.05, 3.63) is 52.8 Å². The van der Waals surface area contributed by atoms with Gasteiger partial charge in [0.25, 0.3) is 0 Å². The first kappa shape index (κ1) is 19.0. The Hall–Kier alpha value is -1.98. The summed E-state index contributed by atoms with van der Waals surface area (Å²) in [6.45, 7) is 6.39. The van der Waals surface area contributed by atoms with Crippen molar-refractivity contribution in [1.29, 1.82) is 0 Å². The maximum absolute atomic E-state index is 9.79. The topological polar surface area (TPSA) is 61.3 Å². The van der Waals surface area contributed by atoms with Gasteiger partial charge in [-0.1, -0.05) is 38.1 Å². The van der Waals surface area contributed by atoms with E-state index >= 15 is 0 Å². The van der Waals surface area contributed by atoms with Gasteiger partial charge in [-0.15, -0.1) is 0 Å². The van der Waals surface area contributed by atoms with Crippen molar-refractivity contribution >= 4 is 5.95 Å². The average Bonchev–Trinajstić information content (AvgIpc) is 3.09. The molecule has 1 aromatic heterocycles. The van der Waals surface area contributed by atoms with E-state index in [-0.39, 0.29) is 11.5 Å². The molecule has 154 valence electrons. The fourth-order valence-electron chi connectivity index (χ4n) is 5.36. The van der Waals surface area contributed by atoms with Crippen molar-refractivity contribution in [2.75, 3.05) is 18.0 Å². The van der Waals surface area contributed by atoms with E-state index in [4.69, 9.17) is 9.97 Å². The smallest absolute Gasteiger partial charge is 0.225 e. The molecular weight excluding hydrogens is 360 g/mol. The molecule has 3 aliphatic rings. The molecule has 1 unspecified atom stereocenters. The summed E-state index contributed by atoms with van der Waals surface area (Å²) in [5.41, 5.74) is 5.67. The number of hydrogen-bond donors (Lipinski definition) is 2. The highest BCUT2D eigenvalue weighted by Crippen LogP contribution is 2.41. The zero-order chi connectivity index (χ0) is 20.0. The van der Waals surface area contributed by atoms with Gasteiger partial charge in [-0.05, 0) is 55.1 Å². The third-order valence-corrected chi connectivity index (χ3v) is 6.90. The summed E-state index contributed by atoms with van der Waals surface area (Å²) in [5, 5.41) is 13.7. The van der Waals surface area contributed by atoms with E-state index in [0.717, 1.165) is 57.6 Å². The fraction of sp³-hybridized carbons (Fsp3) is 0.583. The lowest BCUT2D eigenvalue weighted by Gasteiger charge is -2.38. The maximum Gasteiger partial charge on any atom is 0.225 e. The summed E-state index contributed by atoms with van der Waals surface area (Å²) in [5.74, 6) is 0.834. The molecule has 0 amide bonds. The van der Waals surface area contributed by atoms with Gasteiger partial charge < -0.3 is 15.3 Å². The van der Waals surface area contributed by atoms with Crippen LogP contribution in [0.4, 0.5) is 5.95 Å². The van der Waals surface area contributed by atoms with Crippen molar-refractivity contribution in [1.82, 2.24) is 15.3 Å². The predicted octanol–water partition coefficient (Wildman–Crippen LogP) is 3.21. The molecule has 29 heavy (non-hydrogen) atoms. The molecule has 0 bridgehead atoms. The Kier molecular flexibility index (Phi) is 4.83. The van der Waals surface area contributed by atoms with Crippen LogP contribution in [0.3, 0.4) is 0 Å². The Morgan fingerprint density at radius 2 is 1.79 bits per heavy atom. The SMILES string of the molecule is CC1(C)Cc2nc(N3CCC(O)CC3)ncc2C(NC2Cc3ccccc3C2)C1. The number of anilines is 1. The lowest BCUT2D eigenvalue weighted by Crippen LogP contribution is -2.41. The third kappa shape index (κ3) is 3.90. The fourth-order valence-corrected chi connectivity index (χ4v) is 5.36. The van der Waals surface area contributed by atoms with E-state index < -0.39 is 0 Å². The van der Waals surface area contributed by atoms with Gasteiger partial charge in [-0.2, -0.15) is 0 Å². The van der Waals surface area contributed by atoms with Crippen LogP contribution in [0.5, 0.6) is 0 Å². The van der Waals surface area contributed by atoms with Crippen molar-refractivity contribution in [2.45, 2.75) is 70.6 Å². The number of aliphatic hydroxyl groups excluding tert-OH is 1. The molecule has 1 fully saturated rings. The molecule has 2 N–H and O–H groups in total. The second-order valence-electron chi connectivity index (χ2n) is 9.93. The highest BCUT2D eigenvalue weighted by molar-refractivity contribution is 5.38. The first-order chi connectivity index (χ1) is 14.0. The minimum absolute atomic E-state index is 0.174. The summed E-state index contributed by atoms with van der Waals surface area (Å²) >= 11 is 0. The molecule has 2 heterocycles. The predicted molar refractivity (Wildman–Crippen MR) is 115 cm³/mol. The van der Waals surface area contributed by atoms with Gasteiger partial charge in [0.15, 0.2) is 0 Å². The molecule has 1 aromatic carbocycles. The summed E-state index contributed by atoms with van der Waals surface area (Å²) in [7, 11) is 0. The minimum Gasteiger partial charge on any atom is -0.393 e. The van der Waals surface area contributed by atoms with E-state index in [1.165, 1.54) is 22.4 Å². The minimum atomic E-state index is -0.174. The zero-order valence-electron chi connectivity index (χ0n) is 17.6. The van der Waals surface area contributed by atoms with Crippen molar-refractivity contribution in [2.24, 2.45) is 5.41 Å². The Bertz CT molecular complexity index is 863. The maximum atomic E-state index is 9.79. The molecule has 0 radical (unpaired) electrons. The molecule has 5 heteroatoms. The number of fused-ring (bicyclic) bond motifs is 2. The average molecular weight is 393 g/mol. The molecule has 2 aromatic rings. The van der Waals surface area contributed by atoms with Crippen LogP contribution < -0.4 is 10.2 Å². The molecule has 1 saturated heterocycles. The summed E-state index contributed by atoms with van der Waals surface area (Å²) in [6.07, 6.45) is 7.83. The molecule has 5 nitrogen and oxygen atoms in total. The lowest BCUT2D eigenvalue weighted by atomic mass is 9.74. The normalized spacial score (nSPS) is 24.4. The van der Waals surface area contributed by atoms with Crippen LogP contribution in [0.15, 0.2) is 30.5 Å². The van der Waals surface area contributed by atoms with E-state index in [2.05, 4.69) is 54.5 Å². The number of piperidine rings is 1. The van der Waals surface area contributed by atoms with Gasteiger partial charge in [-0.25, -0.2) is 9.97 Å². The Morgan fingerprint density at radius 3 is 2.48 bits per heavy atom. The van der Waals surface area contributed by atoms with Crippen LogP contribution in [0.2, 0.25) is 0 Å². The number of nitrogens with zero attached hydrogens (tertiary/aromatic N) is 3. The molecule has 2 aliphatic carbocycles. The first-order valence-electron chi connectivity index (χ1n) is 11.1. The zero-order valence-corrected chi connectivity index (χ0v) is 17.6. The summed E-state index contributed by atoms with van der Waals surface area (Å²) in [6, 6.07) is 9.62. The quantitative estimate of drug-likeness (QED) is 0.840.